The van der Waals surface area contributed by atoms with Crippen LogP contribution in [0.15, 0.2) is 29.8 Å². The van der Waals surface area contributed by atoms with Crippen molar-refractivity contribution in [3.05, 3.63) is 51.7 Å². The van der Waals surface area contributed by atoms with Crippen LogP contribution >= 0.6 is 11.3 Å². The maximum atomic E-state index is 13.8. The van der Waals surface area contributed by atoms with Gasteiger partial charge in [-0.1, -0.05) is 19.1 Å². The molecule has 0 saturated heterocycles. The Balaban J connectivity index is 2.21. The Morgan fingerprint density at radius 3 is 2.94 bits per heavy atom. The van der Waals surface area contributed by atoms with Crippen molar-refractivity contribution in [2.45, 2.75) is 26.3 Å². The molecule has 0 spiro atoms. The van der Waals surface area contributed by atoms with E-state index in [1.807, 2.05) is 17.5 Å². The molecule has 0 bridgehead atoms. The van der Waals surface area contributed by atoms with Crippen LogP contribution in [0.4, 0.5) is 4.39 Å². The summed E-state index contributed by atoms with van der Waals surface area (Å²) in [7, 11) is 0. The minimum Gasteiger partial charge on any atom is -0.310 e. The molecular weight excluding hydrogens is 247 g/mol. The lowest BCUT2D eigenvalue weighted by atomic mass is 10.0. The summed E-state index contributed by atoms with van der Waals surface area (Å²) in [6, 6.07) is 5.56. The maximum absolute atomic E-state index is 13.8. The van der Waals surface area contributed by atoms with Gasteiger partial charge in [-0.2, -0.15) is 0 Å². The van der Waals surface area contributed by atoms with Crippen LogP contribution in [0, 0.1) is 5.82 Å². The highest BCUT2D eigenvalue weighted by Gasteiger charge is 2.09. The highest BCUT2D eigenvalue weighted by atomic mass is 32.1. The average Bonchev–Trinajstić information content (AvgIpc) is 2.85. The Morgan fingerprint density at radius 1 is 1.44 bits per heavy atom. The molecular formula is C14H17FN2S. The van der Waals surface area contributed by atoms with Crippen molar-refractivity contribution in [2.24, 2.45) is 0 Å². The molecule has 1 atom stereocenters. The van der Waals surface area contributed by atoms with Crippen LogP contribution in [0.5, 0.6) is 0 Å². The third kappa shape index (κ3) is 3.15. The molecule has 1 aromatic heterocycles. The summed E-state index contributed by atoms with van der Waals surface area (Å²) in [4.78, 5) is 4.20. The van der Waals surface area contributed by atoms with Crippen molar-refractivity contribution in [3.63, 3.8) is 0 Å². The number of thiazole rings is 1. The largest absolute Gasteiger partial charge is 0.310 e. The maximum Gasteiger partial charge on any atom is 0.126 e. The van der Waals surface area contributed by atoms with E-state index in [9.17, 15) is 4.39 Å². The molecule has 2 rings (SSSR count). The molecule has 0 amide bonds. The molecule has 0 aliphatic heterocycles. The smallest absolute Gasteiger partial charge is 0.126 e. The van der Waals surface area contributed by atoms with E-state index in [0.717, 1.165) is 17.1 Å². The molecule has 96 valence electrons. The van der Waals surface area contributed by atoms with E-state index < -0.39 is 0 Å². The van der Waals surface area contributed by atoms with Gasteiger partial charge in [0.1, 0.15) is 5.82 Å². The van der Waals surface area contributed by atoms with E-state index in [1.54, 1.807) is 23.6 Å². The van der Waals surface area contributed by atoms with Crippen LogP contribution < -0.4 is 5.32 Å². The Hall–Kier alpha value is -1.26. The van der Waals surface area contributed by atoms with Gasteiger partial charge in [-0.3, -0.25) is 0 Å². The first kappa shape index (κ1) is 13.2. The summed E-state index contributed by atoms with van der Waals surface area (Å²) in [5.74, 6) is -0.155. The lowest BCUT2D eigenvalue weighted by Crippen LogP contribution is -2.18. The van der Waals surface area contributed by atoms with Gasteiger partial charge in [-0.25, -0.2) is 9.37 Å². The highest BCUT2D eigenvalue weighted by molar-refractivity contribution is 7.09. The second-order valence-electron chi connectivity index (χ2n) is 4.23. The molecule has 0 radical (unpaired) electrons. The van der Waals surface area contributed by atoms with Gasteiger partial charge in [0.25, 0.3) is 0 Å². The van der Waals surface area contributed by atoms with Crippen molar-refractivity contribution < 1.29 is 4.39 Å². The van der Waals surface area contributed by atoms with E-state index in [4.69, 9.17) is 0 Å². The van der Waals surface area contributed by atoms with Gasteiger partial charge < -0.3 is 5.32 Å². The van der Waals surface area contributed by atoms with E-state index in [-0.39, 0.29) is 11.9 Å². The van der Waals surface area contributed by atoms with Crippen molar-refractivity contribution in [1.82, 2.24) is 10.3 Å². The number of nitrogens with zero attached hydrogens (tertiary/aromatic N) is 1. The predicted octanol–water partition coefficient (Wildman–Crippen LogP) is 3.54. The van der Waals surface area contributed by atoms with E-state index in [0.29, 0.717) is 12.0 Å². The zero-order valence-electron chi connectivity index (χ0n) is 10.6. The molecule has 1 aromatic carbocycles. The molecule has 0 aliphatic carbocycles. The van der Waals surface area contributed by atoms with Crippen LogP contribution in [0.2, 0.25) is 0 Å². The Morgan fingerprint density at radius 2 is 2.28 bits per heavy atom. The van der Waals surface area contributed by atoms with Crippen LogP contribution in [-0.4, -0.2) is 11.5 Å². The first-order valence-corrected chi connectivity index (χ1v) is 6.98. The average molecular weight is 264 g/mol. The summed E-state index contributed by atoms with van der Waals surface area (Å²) < 4.78 is 13.8. The van der Waals surface area contributed by atoms with Crippen molar-refractivity contribution in [3.8, 4) is 0 Å². The molecule has 0 fully saturated rings. The van der Waals surface area contributed by atoms with E-state index in [1.165, 1.54) is 0 Å². The van der Waals surface area contributed by atoms with Gasteiger partial charge in [-0.15, -0.1) is 11.3 Å². The van der Waals surface area contributed by atoms with Crippen LogP contribution in [0.1, 0.15) is 36.0 Å². The van der Waals surface area contributed by atoms with Gasteiger partial charge in [0.2, 0.25) is 0 Å². The van der Waals surface area contributed by atoms with E-state index in [2.05, 4.69) is 24.1 Å². The van der Waals surface area contributed by atoms with E-state index >= 15 is 0 Å². The predicted molar refractivity (Wildman–Crippen MR) is 73.4 cm³/mol. The summed E-state index contributed by atoms with van der Waals surface area (Å²) in [6.07, 6.45) is 2.32. The Labute approximate surface area is 111 Å². The van der Waals surface area contributed by atoms with Crippen molar-refractivity contribution in [1.29, 1.82) is 0 Å². The van der Waals surface area contributed by atoms with Crippen LogP contribution in [0.25, 0.3) is 0 Å². The van der Waals surface area contributed by atoms with Gasteiger partial charge in [0, 0.05) is 24.0 Å². The lowest BCUT2D eigenvalue weighted by molar-refractivity contribution is 0.586. The molecule has 0 saturated carbocycles. The molecule has 1 unspecified atom stereocenters. The van der Waals surface area contributed by atoms with Gasteiger partial charge >= 0.3 is 0 Å². The summed E-state index contributed by atoms with van der Waals surface area (Å²) in [6.45, 7) is 5.06. The molecule has 4 heteroatoms. The molecule has 0 aliphatic rings. The summed E-state index contributed by atoms with van der Waals surface area (Å²) in [5.41, 5.74) is 1.83. The lowest BCUT2D eigenvalue weighted by Gasteiger charge is -2.14. The number of hydrogen-bond acceptors (Lipinski definition) is 3. The third-order valence-electron chi connectivity index (χ3n) is 2.91. The fourth-order valence-corrected chi connectivity index (χ4v) is 2.57. The summed E-state index contributed by atoms with van der Waals surface area (Å²) in [5, 5.41) is 6.19. The fraction of sp³-hybridized carbons (Fsp3) is 0.357. The first-order chi connectivity index (χ1) is 8.70. The molecule has 1 heterocycles. The van der Waals surface area contributed by atoms with Gasteiger partial charge in [0.15, 0.2) is 0 Å². The Kier molecular flexibility index (Phi) is 4.44. The number of hydrogen-bond donors (Lipinski definition) is 1. The zero-order chi connectivity index (χ0) is 13.0. The van der Waals surface area contributed by atoms with Crippen molar-refractivity contribution in [2.75, 3.05) is 6.54 Å². The number of halogens is 1. The van der Waals surface area contributed by atoms with Crippen LogP contribution in [0.3, 0.4) is 0 Å². The quantitative estimate of drug-likeness (QED) is 0.893. The molecule has 2 aromatic rings. The third-order valence-corrected chi connectivity index (χ3v) is 3.68. The zero-order valence-corrected chi connectivity index (χ0v) is 11.4. The molecule has 2 nitrogen and oxygen atoms in total. The van der Waals surface area contributed by atoms with Crippen molar-refractivity contribution >= 4 is 11.3 Å². The Bertz CT molecular complexity index is 497. The summed E-state index contributed by atoms with van der Waals surface area (Å²) >= 11 is 1.56. The first-order valence-electron chi connectivity index (χ1n) is 6.10. The minimum absolute atomic E-state index is 0.155. The molecule has 18 heavy (non-hydrogen) atoms. The van der Waals surface area contributed by atoms with Crippen LogP contribution in [-0.2, 0) is 6.42 Å². The fourth-order valence-electron chi connectivity index (χ4n) is 1.93. The second kappa shape index (κ2) is 6.07. The number of aromatic nitrogens is 1. The highest BCUT2D eigenvalue weighted by Crippen LogP contribution is 2.20. The normalized spacial score (nSPS) is 12.6. The number of nitrogens with one attached hydrogen (secondary N) is 1. The number of rotatable bonds is 5. The van der Waals surface area contributed by atoms with Gasteiger partial charge in [-0.05, 0) is 30.7 Å². The minimum atomic E-state index is -0.155. The molecule has 1 N–H and O–H groups in total. The standard InChI is InChI=1S/C14H17FN2S/c1-3-16-10(2)11-4-5-13(15)12(8-11)9-14-17-6-7-18-14/h4-8,10,16H,3,9H2,1-2H3. The topological polar surface area (TPSA) is 24.9 Å². The van der Waals surface area contributed by atoms with Gasteiger partial charge in [0.05, 0.1) is 5.01 Å². The SMILES string of the molecule is CCNC(C)c1ccc(F)c(Cc2nccs2)c1. The second-order valence-corrected chi connectivity index (χ2v) is 5.21. The number of benzene rings is 1. The monoisotopic (exact) mass is 264 g/mol.